The third-order valence-corrected chi connectivity index (χ3v) is 3.47. The molecule has 6 heteroatoms. The molecule has 0 radical (unpaired) electrons. The number of nitrogen functional groups attached to an aromatic ring is 1. The molecule has 4 nitrogen and oxygen atoms in total. The minimum Gasteiger partial charge on any atom is -0.396 e. The summed E-state index contributed by atoms with van der Waals surface area (Å²) in [5.74, 6) is -2.22. The van der Waals surface area contributed by atoms with Gasteiger partial charge in [-0.1, -0.05) is 6.42 Å². The Morgan fingerprint density at radius 2 is 1.95 bits per heavy atom. The van der Waals surface area contributed by atoms with Gasteiger partial charge in [-0.25, -0.2) is 8.78 Å². The van der Waals surface area contributed by atoms with Gasteiger partial charge in [-0.15, -0.1) is 0 Å². The molecule has 2 rings (SSSR count). The molecule has 0 saturated carbocycles. The molecule has 1 aromatic rings. The Hall–Kier alpha value is -1.69. The van der Waals surface area contributed by atoms with E-state index in [1.807, 2.05) is 0 Å². The number of nitrogens with two attached hydrogens (primary N) is 1. The number of rotatable bonds is 4. The molecule has 1 aliphatic rings. The molecular formula is C14H19F2N3O. The maximum absolute atomic E-state index is 13.7. The van der Waals surface area contributed by atoms with Crippen LogP contribution in [0, 0.1) is 11.6 Å². The van der Waals surface area contributed by atoms with Gasteiger partial charge in [-0.05, 0) is 38.1 Å². The minimum atomic E-state index is -0.873. The number of carbonyl (C=O) groups excluding carboxylic acids is 1. The first-order chi connectivity index (χ1) is 9.58. The highest BCUT2D eigenvalue weighted by molar-refractivity contribution is 5.95. The van der Waals surface area contributed by atoms with Crippen LogP contribution in [0.4, 0.5) is 14.5 Å². The van der Waals surface area contributed by atoms with Gasteiger partial charge in [0.05, 0.1) is 11.3 Å². The summed E-state index contributed by atoms with van der Waals surface area (Å²) in [5, 5.41) is 2.60. The summed E-state index contributed by atoms with van der Waals surface area (Å²) in [6.45, 7) is 3.18. The second-order valence-corrected chi connectivity index (χ2v) is 5.01. The van der Waals surface area contributed by atoms with Gasteiger partial charge in [0.2, 0.25) is 0 Å². The Morgan fingerprint density at radius 1 is 1.25 bits per heavy atom. The van der Waals surface area contributed by atoms with Gasteiger partial charge in [0.1, 0.15) is 5.82 Å². The molecule has 0 aromatic heterocycles. The highest BCUT2D eigenvalue weighted by atomic mass is 19.1. The number of carbonyl (C=O) groups is 1. The zero-order valence-electron chi connectivity index (χ0n) is 11.3. The number of nitrogens with one attached hydrogen (secondary N) is 1. The van der Waals surface area contributed by atoms with Crippen LogP contribution in [0.5, 0.6) is 0 Å². The van der Waals surface area contributed by atoms with E-state index >= 15 is 0 Å². The van der Waals surface area contributed by atoms with Gasteiger partial charge in [0.15, 0.2) is 5.82 Å². The predicted molar refractivity (Wildman–Crippen MR) is 73.4 cm³/mol. The van der Waals surface area contributed by atoms with Gasteiger partial charge in [0.25, 0.3) is 5.91 Å². The number of nitrogens with zero attached hydrogens (tertiary/aromatic N) is 1. The largest absolute Gasteiger partial charge is 0.396 e. The molecule has 110 valence electrons. The second-order valence-electron chi connectivity index (χ2n) is 5.01. The van der Waals surface area contributed by atoms with E-state index in [-0.39, 0.29) is 11.3 Å². The number of hydrogen-bond acceptors (Lipinski definition) is 3. The van der Waals surface area contributed by atoms with E-state index in [0.717, 1.165) is 31.8 Å². The predicted octanol–water partition coefficient (Wildman–Crippen LogP) is 1.76. The Morgan fingerprint density at radius 3 is 2.65 bits per heavy atom. The number of piperidine rings is 1. The summed E-state index contributed by atoms with van der Waals surface area (Å²) in [6.07, 6.45) is 3.59. The third kappa shape index (κ3) is 3.66. The van der Waals surface area contributed by atoms with Crippen molar-refractivity contribution in [3.05, 3.63) is 29.3 Å². The number of hydrogen-bond donors (Lipinski definition) is 2. The van der Waals surface area contributed by atoms with Crippen molar-refractivity contribution in [1.29, 1.82) is 0 Å². The molecule has 20 heavy (non-hydrogen) atoms. The quantitative estimate of drug-likeness (QED) is 0.828. The second kappa shape index (κ2) is 6.65. The van der Waals surface area contributed by atoms with Crippen LogP contribution >= 0.6 is 0 Å². The molecule has 0 atom stereocenters. The lowest BCUT2D eigenvalue weighted by atomic mass is 10.1. The molecule has 0 spiro atoms. The van der Waals surface area contributed by atoms with Crippen LogP contribution in [0.1, 0.15) is 29.6 Å². The van der Waals surface area contributed by atoms with Crippen molar-refractivity contribution in [2.24, 2.45) is 0 Å². The zero-order valence-corrected chi connectivity index (χ0v) is 11.3. The summed E-state index contributed by atoms with van der Waals surface area (Å²) in [4.78, 5) is 14.1. The van der Waals surface area contributed by atoms with Crippen LogP contribution in [-0.2, 0) is 0 Å². The van der Waals surface area contributed by atoms with Crippen LogP contribution < -0.4 is 11.1 Å². The van der Waals surface area contributed by atoms with Crippen LogP contribution in [0.3, 0.4) is 0 Å². The number of amides is 1. The molecule has 1 heterocycles. The maximum atomic E-state index is 13.7. The SMILES string of the molecule is Nc1cc(F)cc(C(=O)NCCN2CCCCC2)c1F. The Balaban J connectivity index is 1.88. The molecule has 0 unspecified atom stereocenters. The first-order valence-electron chi connectivity index (χ1n) is 6.83. The van der Waals surface area contributed by atoms with Crippen molar-refractivity contribution in [1.82, 2.24) is 10.2 Å². The summed E-state index contributed by atoms with van der Waals surface area (Å²) >= 11 is 0. The lowest BCUT2D eigenvalue weighted by Gasteiger charge is -2.26. The standard InChI is InChI=1S/C14H19F2N3O/c15-10-8-11(13(16)12(17)9-10)14(20)18-4-7-19-5-2-1-3-6-19/h8-9H,1-7,17H2,(H,18,20). The fourth-order valence-corrected chi connectivity index (χ4v) is 2.38. The molecule has 3 N–H and O–H groups in total. The number of halogens is 2. The number of anilines is 1. The molecule has 1 aromatic carbocycles. The molecular weight excluding hydrogens is 264 g/mol. The van der Waals surface area contributed by atoms with E-state index in [1.54, 1.807) is 0 Å². The van der Waals surface area contributed by atoms with Gasteiger partial charge < -0.3 is 16.0 Å². The van der Waals surface area contributed by atoms with Crippen LogP contribution in [0.2, 0.25) is 0 Å². The normalized spacial score (nSPS) is 16.1. The fraction of sp³-hybridized carbons (Fsp3) is 0.500. The topological polar surface area (TPSA) is 58.4 Å². The number of likely N-dealkylation sites (tertiary alicyclic amines) is 1. The lowest BCUT2D eigenvalue weighted by Crippen LogP contribution is -2.37. The Bertz CT molecular complexity index is 488. The molecule has 0 aliphatic carbocycles. The average Bonchev–Trinajstić information content (AvgIpc) is 2.44. The van der Waals surface area contributed by atoms with Gasteiger partial charge in [-0.3, -0.25) is 4.79 Å². The van der Waals surface area contributed by atoms with Crippen LogP contribution in [-0.4, -0.2) is 37.0 Å². The molecule has 1 fully saturated rings. The minimum absolute atomic E-state index is 0.346. The van der Waals surface area contributed by atoms with E-state index in [2.05, 4.69) is 10.2 Å². The maximum Gasteiger partial charge on any atom is 0.254 e. The monoisotopic (exact) mass is 283 g/mol. The first-order valence-corrected chi connectivity index (χ1v) is 6.83. The van der Waals surface area contributed by atoms with Crippen molar-refractivity contribution in [2.45, 2.75) is 19.3 Å². The van der Waals surface area contributed by atoms with Crippen molar-refractivity contribution < 1.29 is 13.6 Å². The smallest absolute Gasteiger partial charge is 0.254 e. The summed E-state index contributed by atoms with van der Waals surface area (Å²) in [5.41, 5.74) is 4.60. The van der Waals surface area contributed by atoms with E-state index < -0.39 is 17.5 Å². The Labute approximate surface area is 116 Å². The highest BCUT2D eigenvalue weighted by Crippen LogP contribution is 2.17. The molecule has 1 aliphatic heterocycles. The third-order valence-electron chi connectivity index (χ3n) is 3.47. The average molecular weight is 283 g/mol. The zero-order chi connectivity index (χ0) is 14.5. The van der Waals surface area contributed by atoms with Crippen molar-refractivity contribution >= 4 is 11.6 Å². The molecule has 1 saturated heterocycles. The van der Waals surface area contributed by atoms with E-state index in [4.69, 9.17) is 5.73 Å². The van der Waals surface area contributed by atoms with Gasteiger partial charge >= 0.3 is 0 Å². The highest BCUT2D eigenvalue weighted by Gasteiger charge is 2.16. The Kier molecular flexibility index (Phi) is 4.89. The van der Waals surface area contributed by atoms with Crippen molar-refractivity contribution in [2.75, 3.05) is 31.9 Å². The summed E-state index contributed by atoms with van der Waals surface area (Å²) in [7, 11) is 0. The lowest BCUT2D eigenvalue weighted by molar-refractivity contribution is 0.0942. The van der Waals surface area contributed by atoms with Gasteiger partial charge in [-0.2, -0.15) is 0 Å². The van der Waals surface area contributed by atoms with E-state index in [9.17, 15) is 13.6 Å². The summed E-state index contributed by atoms with van der Waals surface area (Å²) in [6, 6.07) is 1.72. The van der Waals surface area contributed by atoms with Crippen LogP contribution in [0.15, 0.2) is 12.1 Å². The van der Waals surface area contributed by atoms with Crippen LogP contribution in [0.25, 0.3) is 0 Å². The van der Waals surface area contributed by atoms with E-state index in [0.29, 0.717) is 6.54 Å². The first kappa shape index (κ1) is 14.7. The van der Waals surface area contributed by atoms with Crippen molar-refractivity contribution in [3.8, 4) is 0 Å². The van der Waals surface area contributed by atoms with E-state index in [1.165, 1.54) is 19.3 Å². The van der Waals surface area contributed by atoms with Crippen molar-refractivity contribution in [3.63, 3.8) is 0 Å². The molecule has 1 amide bonds. The van der Waals surface area contributed by atoms with Gasteiger partial charge in [0, 0.05) is 13.1 Å². The number of benzene rings is 1. The fourth-order valence-electron chi connectivity index (χ4n) is 2.38. The molecule has 0 bridgehead atoms. The summed E-state index contributed by atoms with van der Waals surface area (Å²) < 4.78 is 26.8.